The summed E-state index contributed by atoms with van der Waals surface area (Å²) in [5.41, 5.74) is 8.70. The van der Waals surface area contributed by atoms with E-state index in [-0.39, 0.29) is 5.41 Å². The Labute approximate surface area is 149 Å². The number of aromatic nitrogens is 4. The average molecular weight is 389 g/mol. The normalized spacial score (nSPS) is 11.8. The molecule has 0 spiro atoms. The summed E-state index contributed by atoms with van der Waals surface area (Å²) in [6.07, 6.45) is 0. The number of halogens is 1. The van der Waals surface area contributed by atoms with Crippen molar-refractivity contribution in [3.63, 3.8) is 0 Å². The molecule has 7 heteroatoms. The van der Waals surface area contributed by atoms with E-state index >= 15 is 0 Å². The molecule has 0 aliphatic carbocycles. The van der Waals surface area contributed by atoms with Crippen molar-refractivity contribution in [2.24, 2.45) is 5.41 Å². The Morgan fingerprint density at radius 1 is 1.12 bits per heavy atom. The van der Waals surface area contributed by atoms with Gasteiger partial charge in [0.25, 0.3) is 0 Å². The van der Waals surface area contributed by atoms with Gasteiger partial charge in [0.2, 0.25) is 5.95 Å². The molecule has 0 unspecified atom stereocenters. The largest absolute Gasteiger partial charge is 0.382 e. The maximum absolute atomic E-state index is 6.08. The number of nitrogens with two attached hydrogens (primary N) is 1. The SMILES string of the molecule is CC(C)(C)CNc1nc(N)c2nc(Br)n(Cc3ccccc3)c2n1. The lowest BCUT2D eigenvalue weighted by Crippen LogP contribution is -2.20. The van der Waals surface area contributed by atoms with Gasteiger partial charge in [-0.1, -0.05) is 51.1 Å². The van der Waals surface area contributed by atoms with Crippen LogP contribution in [0.25, 0.3) is 11.2 Å². The Kier molecular flexibility index (Phi) is 4.45. The van der Waals surface area contributed by atoms with Crippen molar-refractivity contribution in [1.82, 2.24) is 19.5 Å². The Balaban J connectivity index is 1.99. The number of fused-ring (bicyclic) bond motifs is 1. The predicted molar refractivity (Wildman–Crippen MR) is 101 cm³/mol. The molecule has 1 aromatic carbocycles. The third-order valence-corrected chi connectivity index (χ3v) is 4.14. The molecular formula is C17H21BrN6. The lowest BCUT2D eigenvalue weighted by Gasteiger charge is -2.18. The van der Waals surface area contributed by atoms with Gasteiger partial charge in [-0.25, -0.2) is 4.98 Å². The number of imidazole rings is 1. The minimum atomic E-state index is 0.123. The molecule has 0 fully saturated rings. The molecule has 0 amide bonds. The van der Waals surface area contributed by atoms with Crippen LogP contribution in [-0.4, -0.2) is 26.1 Å². The van der Waals surface area contributed by atoms with Gasteiger partial charge in [0.05, 0.1) is 6.54 Å². The van der Waals surface area contributed by atoms with Crippen LogP contribution in [0.1, 0.15) is 26.3 Å². The van der Waals surface area contributed by atoms with E-state index in [0.29, 0.717) is 28.6 Å². The summed E-state index contributed by atoms with van der Waals surface area (Å²) in [5, 5.41) is 3.26. The van der Waals surface area contributed by atoms with Gasteiger partial charge in [0.15, 0.2) is 21.7 Å². The highest BCUT2D eigenvalue weighted by Crippen LogP contribution is 2.25. The first-order valence-electron chi connectivity index (χ1n) is 7.80. The maximum Gasteiger partial charge on any atom is 0.226 e. The fourth-order valence-electron chi connectivity index (χ4n) is 2.32. The predicted octanol–water partition coefficient (Wildman–Crippen LogP) is 3.68. The lowest BCUT2D eigenvalue weighted by molar-refractivity contribution is 0.442. The van der Waals surface area contributed by atoms with Gasteiger partial charge in [-0.15, -0.1) is 0 Å². The van der Waals surface area contributed by atoms with Crippen molar-refractivity contribution in [2.75, 3.05) is 17.6 Å². The van der Waals surface area contributed by atoms with E-state index in [9.17, 15) is 0 Å². The van der Waals surface area contributed by atoms with Crippen LogP contribution in [0.3, 0.4) is 0 Å². The highest BCUT2D eigenvalue weighted by Gasteiger charge is 2.17. The van der Waals surface area contributed by atoms with Crippen molar-refractivity contribution in [2.45, 2.75) is 27.3 Å². The molecule has 3 N–H and O–H groups in total. The summed E-state index contributed by atoms with van der Waals surface area (Å²) < 4.78 is 2.68. The minimum absolute atomic E-state index is 0.123. The summed E-state index contributed by atoms with van der Waals surface area (Å²) in [6, 6.07) is 10.2. The van der Waals surface area contributed by atoms with E-state index in [0.717, 1.165) is 12.2 Å². The first kappa shape index (κ1) is 16.7. The van der Waals surface area contributed by atoms with Gasteiger partial charge >= 0.3 is 0 Å². The van der Waals surface area contributed by atoms with Crippen LogP contribution >= 0.6 is 15.9 Å². The van der Waals surface area contributed by atoms with Gasteiger partial charge < -0.3 is 11.1 Å². The molecule has 0 saturated heterocycles. The summed E-state index contributed by atoms with van der Waals surface area (Å²) in [7, 11) is 0. The van der Waals surface area contributed by atoms with E-state index < -0.39 is 0 Å². The average Bonchev–Trinajstić information content (AvgIpc) is 2.83. The molecule has 24 heavy (non-hydrogen) atoms. The lowest BCUT2D eigenvalue weighted by atomic mass is 9.97. The first-order chi connectivity index (χ1) is 11.3. The van der Waals surface area contributed by atoms with Gasteiger partial charge in [0, 0.05) is 6.54 Å². The second-order valence-electron chi connectivity index (χ2n) is 6.97. The molecular weight excluding hydrogens is 368 g/mol. The fourth-order valence-corrected chi connectivity index (χ4v) is 2.80. The van der Waals surface area contributed by atoms with Crippen LogP contribution in [0.15, 0.2) is 35.1 Å². The van der Waals surface area contributed by atoms with Crippen LogP contribution in [0.2, 0.25) is 0 Å². The number of rotatable bonds is 4. The van der Waals surface area contributed by atoms with Gasteiger partial charge in [0.1, 0.15) is 0 Å². The molecule has 0 radical (unpaired) electrons. The number of nitrogen functional groups attached to an aromatic ring is 1. The summed E-state index contributed by atoms with van der Waals surface area (Å²) in [5.74, 6) is 0.903. The van der Waals surface area contributed by atoms with Crippen LogP contribution in [0, 0.1) is 5.41 Å². The van der Waals surface area contributed by atoms with E-state index in [2.05, 4.69) is 69.1 Å². The Bertz CT molecular complexity index is 851. The van der Waals surface area contributed by atoms with E-state index in [1.165, 1.54) is 5.56 Å². The number of nitrogens with zero attached hydrogens (tertiary/aromatic N) is 4. The van der Waals surface area contributed by atoms with Crippen LogP contribution < -0.4 is 11.1 Å². The third kappa shape index (κ3) is 3.67. The topological polar surface area (TPSA) is 81.6 Å². The molecule has 2 heterocycles. The molecule has 3 aromatic rings. The Morgan fingerprint density at radius 2 is 1.83 bits per heavy atom. The molecule has 126 valence electrons. The van der Waals surface area contributed by atoms with E-state index in [1.54, 1.807) is 0 Å². The number of hydrogen-bond acceptors (Lipinski definition) is 5. The molecule has 0 saturated carbocycles. The van der Waals surface area contributed by atoms with Gasteiger partial charge in [-0.3, -0.25) is 4.57 Å². The molecule has 3 rings (SSSR count). The Hall–Kier alpha value is -2.15. The number of benzene rings is 1. The highest BCUT2D eigenvalue weighted by atomic mass is 79.9. The smallest absolute Gasteiger partial charge is 0.226 e. The molecule has 2 aromatic heterocycles. The van der Waals surface area contributed by atoms with Crippen LogP contribution in [-0.2, 0) is 6.54 Å². The zero-order chi connectivity index (χ0) is 17.3. The van der Waals surface area contributed by atoms with Crippen LogP contribution in [0.5, 0.6) is 0 Å². The zero-order valence-corrected chi connectivity index (χ0v) is 15.6. The molecule has 0 bridgehead atoms. The third-order valence-electron chi connectivity index (χ3n) is 3.54. The van der Waals surface area contributed by atoms with Crippen molar-refractivity contribution >= 4 is 38.9 Å². The Morgan fingerprint density at radius 3 is 2.50 bits per heavy atom. The van der Waals surface area contributed by atoms with Crippen molar-refractivity contribution < 1.29 is 0 Å². The summed E-state index contributed by atoms with van der Waals surface area (Å²) in [6.45, 7) is 7.87. The van der Waals surface area contributed by atoms with Gasteiger partial charge in [-0.05, 0) is 26.9 Å². The van der Waals surface area contributed by atoms with E-state index in [4.69, 9.17) is 5.73 Å². The second kappa shape index (κ2) is 6.39. The number of nitrogens with one attached hydrogen (secondary N) is 1. The molecule has 0 atom stereocenters. The molecule has 0 aliphatic rings. The van der Waals surface area contributed by atoms with Gasteiger partial charge in [-0.2, -0.15) is 9.97 Å². The highest BCUT2D eigenvalue weighted by molar-refractivity contribution is 9.10. The monoisotopic (exact) mass is 388 g/mol. The van der Waals surface area contributed by atoms with E-state index in [1.807, 2.05) is 22.8 Å². The standard InChI is InChI=1S/C17H21BrN6/c1-17(2,3)10-20-16-22-13(19)12-14(23-16)24(15(18)21-12)9-11-7-5-4-6-8-11/h4-8H,9-10H2,1-3H3,(H3,19,20,22,23). The first-order valence-corrected chi connectivity index (χ1v) is 8.60. The molecule has 0 aliphatic heterocycles. The maximum atomic E-state index is 6.08. The van der Waals surface area contributed by atoms with Crippen LogP contribution in [0.4, 0.5) is 11.8 Å². The quantitative estimate of drug-likeness (QED) is 0.666. The fraction of sp³-hybridized carbons (Fsp3) is 0.353. The zero-order valence-electron chi connectivity index (χ0n) is 14.0. The second-order valence-corrected chi connectivity index (χ2v) is 7.68. The summed E-state index contributed by atoms with van der Waals surface area (Å²) >= 11 is 3.50. The van der Waals surface area contributed by atoms with Crippen molar-refractivity contribution in [1.29, 1.82) is 0 Å². The minimum Gasteiger partial charge on any atom is -0.382 e. The molecule has 6 nitrogen and oxygen atoms in total. The number of hydrogen-bond donors (Lipinski definition) is 2. The summed E-state index contributed by atoms with van der Waals surface area (Å²) in [4.78, 5) is 13.4. The number of anilines is 2. The van der Waals surface area contributed by atoms with Crippen molar-refractivity contribution in [3.05, 3.63) is 40.6 Å². The van der Waals surface area contributed by atoms with Crippen molar-refractivity contribution in [3.8, 4) is 0 Å².